The number of carbonyl (C=O) groups is 3. The van der Waals surface area contributed by atoms with E-state index < -0.39 is 53.7 Å². The molecule has 3 aliphatic rings. The fraction of sp³-hybridized carbons (Fsp3) is 0.762. The number of alkyl halides is 2. The maximum absolute atomic E-state index is 15.2. The smallest absolute Gasteiger partial charge is 0.410 e. The van der Waals surface area contributed by atoms with Gasteiger partial charge in [-0.05, 0) is 33.6 Å². The van der Waals surface area contributed by atoms with Gasteiger partial charge in [0.2, 0.25) is 5.91 Å². The van der Waals surface area contributed by atoms with Crippen molar-refractivity contribution in [1.82, 2.24) is 9.80 Å². The van der Waals surface area contributed by atoms with Gasteiger partial charge in [0.15, 0.2) is 0 Å². The number of carbonyl (C=O) groups excluding carboxylic acids is 3. The van der Waals surface area contributed by atoms with Crippen molar-refractivity contribution in [3.05, 3.63) is 12.7 Å². The van der Waals surface area contributed by atoms with E-state index in [1.165, 1.54) is 6.08 Å². The van der Waals surface area contributed by atoms with E-state index in [2.05, 4.69) is 6.58 Å². The second-order valence-corrected chi connectivity index (χ2v) is 9.33. The molecule has 1 saturated carbocycles. The van der Waals surface area contributed by atoms with Crippen LogP contribution >= 0.6 is 0 Å². The molecule has 0 bridgehead atoms. The van der Waals surface area contributed by atoms with E-state index >= 15 is 8.78 Å². The summed E-state index contributed by atoms with van der Waals surface area (Å²) in [6.07, 6.45) is 2.90. The summed E-state index contributed by atoms with van der Waals surface area (Å²) in [5.41, 5.74) is -2.29. The average Bonchev–Trinajstić information content (AvgIpc) is 3.13. The monoisotopic (exact) mass is 428 g/mol. The van der Waals surface area contributed by atoms with Crippen LogP contribution in [0.4, 0.5) is 13.6 Å². The van der Waals surface area contributed by atoms with Crippen molar-refractivity contribution < 1.29 is 32.6 Å². The van der Waals surface area contributed by atoms with Crippen LogP contribution in [-0.2, 0) is 19.1 Å². The quantitative estimate of drug-likeness (QED) is 0.507. The summed E-state index contributed by atoms with van der Waals surface area (Å²) in [6, 6.07) is -2.62. The molecular weight excluding hydrogens is 398 g/mol. The van der Waals surface area contributed by atoms with Crippen LogP contribution in [-0.4, -0.2) is 70.1 Å². The summed E-state index contributed by atoms with van der Waals surface area (Å²) in [7, 11) is 0. The molecule has 30 heavy (non-hydrogen) atoms. The van der Waals surface area contributed by atoms with E-state index in [1.807, 2.05) is 0 Å². The molecule has 2 atom stereocenters. The third-order valence-electron chi connectivity index (χ3n) is 5.99. The maximum Gasteiger partial charge on any atom is 0.410 e. The molecule has 0 aromatic rings. The second-order valence-electron chi connectivity index (χ2n) is 9.33. The number of likely N-dealkylation sites (tertiary alicyclic amines) is 2. The third-order valence-corrected chi connectivity index (χ3v) is 5.99. The van der Waals surface area contributed by atoms with E-state index in [-0.39, 0.29) is 25.9 Å². The first-order valence-electron chi connectivity index (χ1n) is 10.4. The summed E-state index contributed by atoms with van der Waals surface area (Å²) < 4.78 is 40.9. The Hall–Kier alpha value is -2.19. The normalized spacial score (nSPS) is 27.6. The van der Waals surface area contributed by atoms with Gasteiger partial charge in [0, 0.05) is 6.42 Å². The van der Waals surface area contributed by atoms with Crippen LogP contribution in [0.1, 0.15) is 59.3 Å². The molecule has 0 unspecified atom stereocenters. The molecule has 7 nitrogen and oxygen atoms in total. The molecule has 0 N–H and O–H groups in total. The number of rotatable bonds is 4. The van der Waals surface area contributed by atoms with E-state index in [1.54, 1.807) is 20.8 Å². The fourth-order valence-electron chi connectivity index (χ4n) is 4.88. The minimum atomic E-state index is -3.36. The summed E-state index contributed by atoms with van der Waals surface area (Å²) in [5.74, 6) is -4.60. The predicted octanol–water partition coefficient (Wildman–Crippen LogP) is 3.27. The number of amides is 2. The molecule has 2 amide bonds. The van der Waals surface area contributed by atoms with Crippen LogP contribution in [0.15, 0.2) is 12.7 Å². The molecule has 9 heteroatoms. The molecule has 2 heterocycles. The summed E-state index contributed by atoms with van der Waals surface area (Å²) in [5, 5.41) is 0. The maximum atomic E-state index is 15.2. The predicted molar refractivity (Wildman–Crippen MR) is 104 cm³/mol. The van der Waals surface area contributed by atoms with E-state index in [4.69, 9.17) is 9.47 Å². The zero-order chi connectivity index (χ0) is 22.3. The topological polar surface area (TPSA) is 76.2 Å². The SMILES string of the molecule is C=CCOC(=O)C1(N2C(=O)C[C@H]3[C@@H]2C(F)(F)CN3C(=O)OC(C)(C)C)CCCCC1. The Labute approximate surface area is 175 Å². The zero-order valence-electron chi connectivity index (χ0n) is 17.8. The highest BCUT2D eigenvalue weighted by Gasteiger charge is 2.68. The van der Waals surface area contributed by atoms with Crippen molar-refractivity contribution >= 4 is 18.0 Å². The van der Waals surface area contributed by atoms with E-state index in [9.17, 15) is 14.4 Å². The zero-order valence-corrected chi connectivity index (χ0v) is 17.8. The Balaban J connectivity index is 1.96. The molecule has 1 aliphatic carbocycles. The molecule has 2 aliphatic heterocycles. The molecule has 2 saturated heterocycles. The standard InChI is InChI=1S/C21H30F2N2O5/c1-5-11-29-17(27)20(9-7-6-8-10-20)25-15(26)12-14-16(25)21(22,23)13-24(14)18(28)30-19(2,3)4/h5,14,16H,1,6-13H2,2-4H3/t14-,16+/m0/s1. The lowest BCUT2D eigenvalue weighted by Crippen LogP contribution is -2.63. The first kappa shape index (κ1) is 22.5. The van der Waals surface area contributed by atoms with Gasteiger partial charge in [0.25, 0.3) is 5.92 Å². The van der Waals surface area contributed by atoms with Crippen LogP contribution < -0.4 is 0 Å². The number of fused-ring (bicyclic) bond motifs is 1. The van der Waals surface area contributed by atoms with Crippen molar-refractivity contribution in [2.75, 3.05) is 13.2 Å². The van der Waals surface area contributed by atoms with Gasteiger partial charge in [-0.3, -0.25) is 9.69 Å². The second kappa shape index (κ2) is 7.81. The minimum absolute atomic E-state index is 0.0584. The van der Waals surface area contributed by atoms with Crippen LogP contribution in [0.25, 0.3) is 0 Å². The highest BCUT2D eigenvalue weighted by atomic mass is 19.3. The molecule has 0 radical (unpaired) electrons. The molecule has 3 fully saturated rings. The summed E-state index contributed by atoms with van der Waals surface area (Å²) in [4.78, 5) is 40.6. The van der Waals surface area contributed by atoms with Crippen LogP contribution in [0.2, 0.25) is 0 Å². The lowest BCUT2D eigenvalue weighted by molar-refractivity contribution is -0.173. The van der Waals surface area contributed by atoms with Crippen molar-refractivity contribution in [1.29, 1.82) is 0 Å². The minimum Gasteiger partial charge on any atom is -0.460 e. The molecule has 0 aromatic carbocycles. The molecule has 168 valence electrons. The van der Waals surface area contributed by atoms with Crippen molar-refractivity contribution in [3.8, 4) is 0 Å². The number of hydrogen-bond donors (Lipinski definition) is 0. The van der Waals surface area contributed by atoms with Gasteiger partial charge in [-0.25, -0.2) is 18.4 Å². The lowest BCUT2D eigenvalue weighted by atomic mass is 9.79. The number of esters is 1. The number of nitrogens with zero attached hydrogens (tertiary/aromatic N) is 2. The third kappa shape index (κ3) is 3.90. The Morgan fingerprint density at radius 1 is 1.23 bits per heavy atom. The number of ether oxygens (including phenoxy) is 2. The van der Waals surface area contributed by atoms with Gasteiger partial charge in [-0.2, -0.15) is 0 Å². The van der Waals surface area contributed by atoms with Crippen LogP contribution in [0, 0.1) is 0 Å². The average molecular weight is 428 g/mol. The Morgan fingerprint density at radius 2 is 1.87 bits per heavy atom. The largest absolute Gasteiger partial charge is 0.460 e. The van der Waals surface area contributed by atoms with Crippen molar-refractivity contribution in [2.45, 2.75) is 88.4 Å². The van der Waals surface area contributed by atoms with Crippen LogP contribution in [0.5, 0.6) is 0 Å². The van der Waals surface area contributed by atoms with E-state index in [0.717, 1.165) is 16.2 Å². The first-order valence-corrected chi connectivity index (χ1v) is 10.4. The molecule has 0 aromatic heterocycles. The summed E-state index contributed by atoms with van der Waals surface area (Å²) in [6.45, 7) is 7.55. The van der Waals surface area contributed by atoms with Gasteiger partial charge < -0.3 is 14.4 Å². The van der Waals surface area contributed by atoms with Gasteiger partial charge in [0.05, 0.1) is 12.6 Å². The first-order chi connectivity index (χ1) is 13.9. The van der Waals surface area contributed by atoms with Gasteiger partial charge in [0.1, 0.15) is 23.8 Å². The van der Waals surface area contributed by atoms with E-state index in [0.29, 0.717) is 12.8 Å². The fourth-order valence-corrected chi connectivity index (χ4v) is 4.88. The Kier molecular flexibility index (Phi) is 5.86. The highest BCUT2D eigenvalue weighted by Crippen LogP contribution is 2.49. The van der Waals surface area contributed by atoms with Gasteiger partial charge >= 0.3 is 12.1 Å². The Morgan fingerprint density at radius 3 is 2.43 bits per heavy atom. The van der Waals surface area contributed by atoms with Crippen molar-refractivity contribution in [3.63, 3.8) is 0 Å². The molecule has 0 spiro atoms. The number of halogens is 2. The van der Waals surface area contributed by atoms with Gasteiger partial charge in [-0.15, -0.1) is 0 Å². The highest BCUT2D eigenvalue weighted by molar-refractivity contribution is 5.91. The molecular formula is C21H30F2N2O5. The van der Waals surface area contributed by atoms with Crippen LogP contribution in [0.3, 0.4) is 0 Å². The number of hydrogen-bond acceptors (Lipinski definition) is 5. The lowest BCUT2D eigenvalue weighted by Gasteiger charge is -2.45. The van der Waals surface area contributed by atoms with Crippen molar-refractivity contribution in [2.24, 2.45) is 0 Å². The Bertz CT molecular complexity index is 727. The molecule has 3 rings (SSSR count). The van der Waals surface area contributed by atoms with Gasteiger partial charge in [-0.1, -0.05) is 31.9 Å². The summed E-state index contributed by atoms with van der Waals surface area (Å²) >= 11 is 0.